The molecule has 0 N–H and O–H groups in total. The third kappa shape index (κ3) is 2.54. The van der Waals surface area contributed by atoms with Crippen molar-refractivity contribution in [3.05, 3.63) is 64.5 Å². The molecule has 1 atom stereocenters. The Morgan fingerprint density at radius 2 is 1.46 bits per heavy atom. The second kappa shape index (κ2) is 5.68. The highest BCUT2D eigenvalue weighted by atomic mass is 29.3. The molecule has 0 spiro atoms. The van der Waals surface area contributed by atoms with Crippen molar-refractivity contribution in [2.75, 3.05) is 0 Å². The molecule has 1 aliphatic rings. The van der Waals surface area contributed by atoms with Crippen LogP contribution in [0.1, 0.15) is 11.1 Å². The number of benzene rings is 2. The van der Waals surface area contributed by atoms with Crippen LogP contribution in [0.15, 0.2) is 53.4 Å². The quantitative estimate of drug-likeness (QED) is 0.685. The first-order valence-electron chi connectivity index (χ1n) is 8.98. The number of fused-ring (bicyclic) bond motifs is 1. The summed E-state index contributed by atoms with van der Waals surface area (Å²) in [5.41, 5.74) is 2.91. The number of hydrogen-bond acceptors (Lipinski definition) is 0. The fourth-order valence-corrected chi connectivity index (χ4v) is 31.6. The van der Waals surface area contributed by atoms with Gasteiger partial charge in [0.15, 0.2) is 0 Å². The van der Waals surface area contributed by atoms with Crippen LogP contribution in [0, 0.1) is 6.92 Å². The molecule has 1 heterocycles. The van der Waals surface area contributed by atoms with E-state index in [0.717, 1.165) is 0 Å². The Hall–Kier alpha value is -1.17. The lowest BCUT2D eigenvalue weighted by Gasteiger charge is -2.46. The third-order valence-electron chi connectivity index (χ3n) is 5.45. The van der Waals surface area contributed by atoms with Gasteiger partial charge in [0, 0.05) is 0 Å². The van der Waals surface area contributed by atoms with Crippen LogP contribution in [0.3, 0.4) is 0 Å². The smallest absolute Gasteiger partial charge is 0.0837 e. The van der Waals surface area contributed by atoms with Crippen LogP contribution in [-0.2, 0) is 0 Å². The summed E-state index contributed by atoms with van der Waals surface area (Å²) in [6.45, 7) is 17.7. The molecular weight excluding hydrogens is 336 g/mol. The molecule has 3 heteroatoms. The Kier molecular flexibility index (Phi) is 4.18. The Labute approximate surface area is 150 Å². The molecule has 24 heavy (non-hydrogen) atoms. The third-order valence-corrected chi connectivity index (χ3v) is 26.2. The van der Waals surface area contributed by atoms with E-state index in [9.17, 15) is 0 Å². The number of aryl methyl sites for hydroxylation is 1. The Morgan fingerprint density at radius 1 is 0.792 bits per heavy atom. The largest absolute Gasteiger partial charge is 0.132 e. The van der Waals surface area contributed by atoms with E-state index in [0.29, 0.717) is 0 Å². The fraction of sp³-hybridized carbons (Fsp3) is 0.333. The lowest BCUT2D eigenvalue weighted by atomic mass is 10.2. The van der Waals surface area contributed by atoms with Gasteiger partial charge in [0.1, 0.15) is 7.59 Å². The first kappa shape index (κ1) is 17.6. The summed E-state index contributed by atoms with van der Waals surface area (Å²) in [5.74, 6) is 0. The SMILES string of the molecule is Cc1cccc([Si]2([Si](C)(C)C)C([Si](C)(C)C)=Cc3ccccc32)c1. The van der Waals surface area contributed by atoms with Crippen molar-refractivity contribution in [1.29, 1.82) is 0 Å². The van der Waals surface area contributed by atoms with Crippen molar-refractivity contribution < 1.29 is 0 Å². The van der Waals surface area contributed by atoms with Gasteiger partial charge >= 0.3 is 0 Å². The predicted molar refractivity (Wildman–Crippen MR) is 117 cm³/mol. The molecule has 0 radical (unpaired) electrons. The molecule has 2 aromatic carbocycles. The molecule has 2 aromatic rings. The van der Waals surface area contributed by atoms with Gasteiger partial charge in [-0.2, -0.15) is 0 Å². The lowest BCUT2D eigenvalue weighted by Crippen LogP contribution is -2.75. The first-order chi connectivity index (χ1) is 11.1. The molecule has 0 saturated heterocycles. The fourth-order valence-electron chi connectivity index (χ4n) is 4.58. The van der Waals surface area contributed by atoms with Crippen molar-refractivity contribution in [2.45, 2.75) is 46.2 Å². The van der Waals surface area contributed by atoms with Gasteiger partial charge in [0.2, 0.25) is 0 Å². The average Bonchev–Trinajstić information content (AvgIpc) is 2.83. The van der Waals surface area contributed by atoms with E-state index in [4.69, 9.17) is 0 Å². The zero-order valence-electron chi connectivity index (χ0n) is 16.2. The standard InChI is InChI=1S/C21H30Si3/c1-17-11-10-13-19(15-17)24(23(5,6)7)20-14-9-8-12-18(20)16-21(24)22(2,3)4/h8-16H,1-7H3. The molecule has 0 aromatic heterocycles. The van der Waals surface area contributed by atoms with Gasteiger partial charge in [0.25, 0.3) is 0 Å². The molecule has 1 aliphatic heterocycles. The molecule has 0 bridgehead atoms. The summed E-state index contributed by atoms with van der Waals surface area (Å²) in [7, 11) is -4.73. The topological polar surface area (TPSA) is 0 Å². The summed E-state index contributed by atoms with van der Waals surface area (Å²) in [4.78, 5) is 1.86. The van der Waals surface area contributed by atoms with Crippen LogP contribution < -0.4 is 10.4 Å². The van der Waals surface area contributed by atoms with Crippen LogP contribution in [0.25, 0.3) is 6.08 Å². The maximum absolute atomic E-state index is 2.61. The van der Waals surface area contributed by atoms with Crippen LogP contribution in [0.4, 0.5) is 0 Å². The zero-order chi connectivity index (χ0) is 17.8. The molecule has 1 unspecified atom stereocenters. The second-order valence-electron chi connectivity index (χ2n) is 9.26. The van der Waals surface area contributed by atoms with Crippen molar-refractivity contribution in [1.82, 2.24) is 0 Å². The molecule has 3 rings (SSSR count). The van der Waals surface area contributed by atoms with Crippen LogP contribution in [0.2, 0.25) is 39.3 Å². The second-order valence-corrected chi connectivity index (χ2v) is 29.2. The molecule has 0 amide bonds. The average molecular weight is 367 g/mol. The summed E-state index contributed by atoms with van der Waals surface area (Å²) in [6.07, 6.45) is 2.61. The number of rotatable bonds is 3. The maximum atomic E-state index is 2.61. The van der Waals surface area contributed by atoms with Crippen molar-refractivity contribution >= 4 is 39.7 Å². The normalized spacial score (nSPS) is 20.7. The summed E-state index contributed by atoms with van der Waals surface area (Å²) in [6, 6.07) is 18.7. The molecule has 0 saturated carbocycles. The zero-order valence-corrected chi connectivity index (χ0v) is 19.2. The highest BCUT2D eigenvalue weighted by molar-refractivity contribution is 7.57. The first-order valence-corrected chi connectivity index (χ1v) is 19.0. The highest BCUT2D eigenvalue weighted by Crippen LogP contribution is 2.38. The summed E-state index contributed by atoms with van der Waals surface area (Å²) in [5, 5.41) is 3.34. The molecule has 0 aliphatic carbocycles. The van der Waals surface area contributed by atoms with E-state index in [2.05, 4.69) is 101 Å². The van der Waals surface area contributed by atoms with Gasteiger partial charge < -0.3 is 0 Å². The Balaban J connectivity index is 2.45. The highest BCUT2D eigenvalue weighted by Gasteiger charge is 2.56. The maximum Gasteiger partial charge on any atom is 0.132 e. The van der Waals surface area contributed by atoms with E-state index >= 15 is 0 Å². The number of hydrogen-bond donors (Lipinski definition) is 0. The van der Waals surface area contributed by atoms with Crippen LogP contribution in [0.5, 0.6) is 0 Å². The Morgan fingerprint density at radius 3 is 2.04 bits per heavy atom. The minimum atomic E-state index is -1.87. The van der Waals surface area contributed by atoms with E-state index in [1.54, 1.807) is 10.4 Å². The minimum Gasteiger partial charge on any atom is -0.0837 e. The van der Waals surface area contributed by atoms with Crippen molar-refractivity contribution in [3.8, 4) is 0 Å². The molecule has 0 nitrogen and oxygen atoms in total. The molecule has 126 valence electrons. The van der Waals surface area contributed by atoms with Crippen LogP contribution in [-0.4, -0.2) is 23.3 Å². The van der Waals surface area contributed by atoms with Crippen molar-refractivity contribution in [2.24, 2.45) is 0 Å². The van der Waals surface area contributed by atoms with Gasteiger partial charge in [-0.25, -0.2) is 0 Å². The van der Waals surface area contributed by atoms with E-state index in [-0.39, 0.29) is 0 Å². The van der Waals surface area contributed by atoms with Gasteiger partial charge in [-0.1, -0.05) is 109 Å². The van der Waals surface area contributed by atoms with E-state index in [1.807, 2.05) is 4.82 Å². The molecular formula is C21H30Si3. The minimum absolute atomic E-state index is 1.40. The molecule has 0 fully saturated rings. The van der Waals surface area contributed by atoms with Gasteiger partial charge in [0.05, 0.1) is 15.7 Å². The van der Waals surface area contributed by atoms with Gasteiger partial charge in [-0.15, -0.1) is 0 Å². The summed E-state index contributed by atoms with van der Waals surface area (Å²) < 4.78 is 0. The van der Waals surface area contributed by atoms with E-state index < -0.39 is 23.3 Å². The predicted octanol–water partition coefficient (Wildman–Crippen LogP) is 4.79. The van der Waals surface area contributed by atoms with Gasteiger partial charge in [-0.05, 0) is 17.7 Å². The van der Waals surface area contributed by atoms with E-state index in [1.165, 1.54) is 11.1 Å². The van der Waals surface area contributed by atoms with Gasteiger partial charge in [-0.3, -0.25) is 0 Å². The summed E-state index contributed by atoms with van der Waals surface area (Å²) >= 11 is 0. The van der Waals surface area contributed by atoms with Crippen LogP contribution >= 0.6 is 0 Å². The van der Waals surface area contributed by atoms with Crippen molar-refractivity contribution in [3.63, 3.8) is 0 Å². The Bertz CT molecular complexity index is 806. The monoisotopic (exact) mass is 366 g/mol. The lowest BCUT2D eigenvalue weighted by molar-refractivity contribution is 1.49.